The average Bonchev–Trinajstić information content (AvgIpc) is 2.41. The number of hydrogen-bond acceptors (Lipinski definition) is 2. The number of nitrogens with two attached hydrogens (primary N) is 1. The Labute approximate surface area is 110 Å². The minimum absolute atomic E-state index is 0.557. The zero-order valence-electron chi connectivity index (χ0n) is 11.2. The second-order valence-corrected chi connectivity index (χ2v) is 4.04. The largest absolute Gasteiger partial charge is 0.489 e. The van der Waals surface area contributed by atoms with Crippen molar-refractivity contribution in [2.45, 2.75) is 19.9 Å². The van der Waals surface area contributed by atoms with Crippen molar-refractivity contribution in [3.63, 3.8) is 0 Å². The Morgan fingerprint density at radius 1 is 1.33 bits per heavy atom. The molecule has 0 radical (unpaired) electrons. The zero-order chi connectivity index (χ0) is 13.1. The molecule has 18 heavy (non-hydrogen) atoms. The van der Waals surface area contributed by atoms with Gasteiger partial charge in [0.05, 0.1) is 13.2 Å². The van der Waals surface area contributed by atoms with Crippen LogP contribution in [0.4, 0.5) is 0 Å². The molecule has 1 aromatic rings. The molecule has 0 saturated heterocycles. The van der Waals surface area contributed by atoms with Crippen molar-refractivity contribution >= 4 is 0 Å². The second-order valence-electron chi connectivity index (χ2n) is 4.04. The lowest BCUT2D eigenvalue weighted by Crippen LogP contribution is -2.82. The topological polar surface area (TPSA) is 35.1 Å². The van der Waals surface area contributed by atoms with Crippen LogP contribution in [0, 0.1) is 0 Å². The van der Waals surface area contributed by atoms with Crippen molar-refractivity contribution in [3.8, 4) is 5.75 Å². The summed E-state index contributed by atoms with van der Waals surface area (Å²) in [6, 6.07) is 8.16. The Kier molecular flexibility index (Phi) is 7.93. The number of ether oxygens (including phenoxy) is 2. The van der Waals surface area contributed by atoms with Gasteiger partial charge >= 0.3 is 0 Å². The van der Waals surface area contributed by atoms with E-state index in [1.165, 1.54) is 5.56 Å². The number of benzene rings is 1. The second kappa shape index (κ2) is 9.68. The number of para-hydroxylation sites is 1. The van der Waals surface area contributed by atoms with Crippen molar-refractivity contribution in [2.24, 2.45) is 0 Å². The molecule has 0 heterocycles. The standard InChI is InChI=1S/C15H23NO2/c1-3-11-18-15-9-6-5-8-14(15)13-16-10-7-12-17-4-2/h3,5-6,8-9,16H,1,4,7,10-13H2,2H3/p+1. The number of hydrogen-bond donors (Lipinski definition) is 1. The molecular weight excluding hydrogens is 226 g/mol. The van der Waals surface area contributed by atoms with Gasteiger partial charge in [-0.05, 0) is 19.1 Å². The van der Waals surface area contributed by atoms with E-state index in [9.17, 15) is 0 Å². The Bertz CT molecular complexity index is 339. The fourth-order valence-corrected chi connectivity index (χ4v) is 1.69. The highest BCUT2D eigenvalue weighted by molar-refractivity contribution is 5.32. The van der Waals surface area contributed by atoms with Crippen molar-refractivity contribution in [1.29, 1.82) is 0 Å². The predicted molar refractivity (Wildman–Crippen MR) is 73.7 cm³/mol. The summed E-state index contributed by atoms with van der Waals surface area (Å²) in [5.74, 6) is 0.957. The highest BCUT2D eigenvalue weighted by Crippen LogP contribution is 2.16. The molecular formula is C15H24NO2+. The summed E-state index contributed by atoms with van der Waals surface area (Å²) >= 11 is 0. The Morgan fingerprint density at radius 3 is 2.94 bits per heavy atom. The van der Waals surface area contributed by atoms with Gasteiger partial charge in [0.2, 0.25) is 0 Å². The van der Waals surface area contributed by atoms with E-state index in [1.807, 2.05) is 25.1 Å². The van der Waals surface area contributed by atoms with Gasteiger partial charge < -0.3 is 14.8 Å². The van der Waals surface area contributed by atoms with Crippen LogP contribution in [0.3, 0.4) is 0 Å². The van der Waals surface area contributed by atoms with Crippen molar-refractivity contribution in [1.82, 2.24) is 0 Å². The molecule has 0 aliphatic carbocycles. The van der Waals surface area contributed by atoms with Crippen LogP contribution in [0.5, 0.6) is 5.75 Å². The maximum Gasteiger partial charge on any atom is 0.128 e. The third-order valence-corrected chi connectivity index (χ3v) is 2.59. The number of rotatable bonds is 10. The molecule has 100 valence electrons. The highest BCUT2D eigenvalue weighted by Gasteiger charge is 2.03. The average molecular weight is 250 g/mol. The van der Waals surface area contributed by atoms with E-state index in [2.05, 4.69) is 18.0 Å². The first-order valence-corrected chi connectivity index (χ1v) is 6.59. The summed E-state index contributed by atoms with van der Waals surface area (Å²) in [7, 11) is 0. The lowest BCUT2D eigenvalue weighted by Gasteiger charge is -2.09. The van der Waals surface area contributed by atoms with Crippen LogP contribution in [-0.2, 0) is 11.3 Å². The van der Waals surface area contributed by atoms with Crippen LogP contribution in [0.25, 0.3) is 0 Å². The van der Waals surface area contributed by atoms with E-state index in [1.54, 1.807) is 6.08 Å². The molecule has 0 fully saturated rings. The summed E-state index contributed by atoms with van der Waals surface area (Å²) in [6.07, 6.45) is 2.85. The van der Waals surface area contributed by atoms with Gasteiger partial charge in [0.25, 0.3) is 0 Å². The molecule has 0 spiro atoms. The molecule has 1 aromatic carbocycles. The van der Waals surface area contributed by atoms with Gasteiger partial charge in [-0.25, -0.2) is 0 Å². The van der Waals surface area contributed by atoms with E-state index in [-0.39, 0.29) is 0 Å². The molecule has 0 bridgehead atoms. The van der Waals surface area contributed by atoms with Gasteiger partial charge in [0, 0.05) is 18.6 Å². The van der Waals surface area contributed by atoms with Gasteiger partial charge in [-0.2, -0.15) is 0 Å². The van der Waals surface area contributed by atoms with Crippen LogP contribution >= 0.6 is 0 Å². The molecule has 0 aliphatic rings. The monoisotopic (exact) mass is 250 g/mol. The Balaban J connectivity index is 2.29. The van der Waals surface area contributed by atoms with Crippen LogP contribution in [0.1, 0.15) is 18.9 Å². The summed E-state index contributed by atoms with van der Waals surface area (Å²) in [4.78, 5) is 0. The van der Waals surface area contributed by atoms with Gasteiger partial charge in [-0.15, -0.1) is 0 Å². The minimum Gasteiger partial charge on any atom is -0.489 e. The molecule has 0 amide bonds. The van der Waals surface area contributed by atoms with Crippen LogP contribution in [0.2, 0.25) is 0 Å². The third-order valence-electron chi connectivity index (χ3n) is 2.59. The molecule has 0 aromatic heterocycles. The molecule has 0 aliphatic heterocycles. The summed E-state index contributed by atoms with van der Waals surface area (Å²) in [6.45, 7) is 9.92. The normalized spacial score (nSPS) is 10.3. The molecule has 3 heteroatoms. The smallest absolute Gasteiger partial charge is 0.128 e. The maximum absolute atomic E-state index is 5.62. The fraction of sp³-hybridized carbons (Fsp3) is 0.467. The van der Waals surface area contributed by atoms with Gasteiger partial charge in [-0.1, -0.05) is 24.8 Å². The van der Waals surface area contributed by atoms with Gasteiger partial charge in [-0.3, -0.25) is 0 Å². The fourth-order valence-electron chi connectivity index (χ4n) is 1.69. The Hall–Kier alpha value is -1.32. The van der Waals surface area contributed by atoms with Crippen LogP contribution < -0.4 is 10.1 Å². The highest BCUT2D eigenvalue weighted by atomic mass is 16.5. The van der Waals surface area contributed by atoms with E-state index >= 15 is 0 Å². The first-order valence-electron chi connectivity index (χ1n) is 6.59. The number of quaternary nitrogens is 1. The molecule has 0 saturated carbocycles. The summed E-state index contributed by atoms with van der Waals surface area (Å²) in [5, 5.41) is 2.29. The lowest BCUT2D eigenvalue weighted by atomic mass is 10.2. The van der Waals surface area contributed by atoms with E-state index < -0.39 is 0 Å². The summed E-state index contributed by atoms with van der Waals surface area (Å²) in [5.41, 5.74) is 1.23. The Morgan fingerprint density at radius 2 is 2.17 bits per heavy atom. The van der Waals surface area contributed by atoms with Crippen LogP contribution in [0.15, 0.2) is 36.9 Å². The van der Waals surface area contributed by atoms with Gasteiger partial charge in [0.15, 0.2) is 0 Å². The maximum atomic E-state index is 5.62. The molecule has 3 nitrogen and oxygen atoms in total. The van der Waals surface area contributed by atoms with Gasteiger partial charge in [0.1, 0.15) is 18.9 Å². The summed E-state index contributed by atoms with van der Waals surface area (Å²) < 4.78 is 10.9. The molecule has 2 N–H and O–H groups in total. The van der Waals surface area contributed by atoms with Crippen molar-refractivity contribution in [2.75, 3.05) is 26.4 Å². The van der Waals surface area contributed by atoms with Crippen LogP contribution in [-0.4, -0.2) is 26.4 Å². The molecule has 0 atom stereocenters. The first kappa shape index (κ1) is 14.7. The quantitative estimate of drug-likeness (QED) is 0.507. The SMILES string of the molecule is C=CCOc1ccccc1C[NH2+]CCCOCC. The van der Waals surface area contributed by atoms with E-state index in [0.29, 0.717) is 6.61 Å². The predicted octanol–water partition coefficient (Wildman–Crippen LogP) is 1.74. The van der Waals surface area contributed by atoms with Crippen molar-refractivity contribution < 1.29 is 14.8 Å². The van der Waals surface area contributed by atoms with E-state index in [0.717, 1.165) is 38.5 Å². The lowest BCUT2D eigenvalue weighted by molar-refractivity contribution is -0.671. The first-order chi connectivity index (χ1) is 8.88. The molecule has 1 rings (SSSR count). The third kappa shape index (κ3) is 5.84. The molecule has 0 unspecified atom stereocenters. The zero-order valence-corrected chi connectivity index (χ0v) is 11.2. The van der Waals surface area contributed by atoms with Crippen molar-refractivity contribution in [3.05, 3.63) is 42.5 Å². The van der Waals surface area contributed by atoms with E-state index in [4.69, 9.17) is 9.47 Å². The minimum atomic E-state index is 0.557.